The Kier molecular flexibility index (Phi) is 4.31. The summed E-state index contributed by atoms with van der Waals surface area (Å²) in [4.78, 5) is 16.5. The summed E-state index contributed by atoms with van der Waals surface area (Å²) in [7, 11) is 0. The van der Waals surface area contributed by atoms with Crippen molar-refractivity contribution >= 4 is 11.2 Å². The van der Waals surface area contributed by atoms with E-state index in [-0.39, 0.29) is 0 Å². The second kappa shape index (κ2) is 7.59. The Morgan fingerprint density at radius 3 is 2.38 bits per heavy atom. The number of fused-ring (bicyclic) bond motifs is 1. The van der Waals surface area contributed by atoms with E-state index in [9.17, 15) is 0 Å². The van der Waals surface area contributed by atoms with Gasteiger partial charge in [-0.15, -0.1) is 0 Å². The number of aromatic nitrogens is 8. The number of rotatable bonds is 5. The van der Waals surface area contributed by atoms with Gasteiger partial charge in [-0.05, 0) is 42.0 Å². The molecule has 0 aliphatic rings. The molecular formula is C24H18N8. The van der Waals surface area contributed by atoms with Gasteiger partial charge < -0.3 is 4.98 Å². The first kappa shape index (κ1) is 18.2. The Morgan fingerprint density at radius 1 is 0.844 bits per heavy atom. The lowest BCUT2D eigenvalue weighted by atomic mass is 10.1. The van der Waals surface area contributed by atoms with E-state index in [1.807, 2.05) is 70.2 Å². The Hall–Kier alpha value is -4.59. The SMILES string of the molecule is c1ccc(-n2cc(-c3nc4c(cnn4Cc4ccncc4)[nH]3)c(-c3ccncc3)n2)cc1. The molecule has 6 aromatic rings. The molecule has 8 heteroatoms. The standard InChI is InChI=1S/C24H18N8/c1-2-4-19(5-3-1)31-16-20(22(30-31)18-8-12-26-13-9-18)23-28-21-14-27-32(24(21)29-23)15-17-6-10-25-11-7-17/h1-14,16H,15H2,(H,28,29). The summed E-state index contributed by atoms with van der Waals surface area (Å²) in [6.07, 6.45) is 10.9. The van der Waals surface area contributed by atoms with E-state index < -0.39 is 0 Å². The van der Waals surface area contributed by atoms with Gasteiger partial charge in [0, 0.05) is 36.5 Å². The number of benzene rings is 1. The zero-order chi connectivity index (χ0) is 21.3. The number of imidazole rings is 1. The van der Waals surface area contributed by atoms with Crippen LogP contribution in [0.3, 0.4) is 0 Å². The maximum absolute atomic E-state index is 4.89. The van der Waals surface area contributed by atoms with E-state index in [1.54, 1.807) is 31.0 Å². The summed E-state index contributed by atoms with van der Waals surface area (Å²) in [6, 6.07) is 17.9. The molecule has 1 aromatic carbocycles. The Balaban J connectivity index is 1.46. The average molecular weight is 418 g/mol. The summed E-state index contributed by atoms with van der Waals surface area (Å²) >= 11 is 0. The van der Waals surface area contributed by atoms with Crippen LogP contribution in [0.2, 0.25) is 0 Å². The molecule has 0 fully saturated rings. The van der Waals surface area contributed by atoms with Crippen LogP contribution in [-0.2, 0) is 6.54 Å². The number of para-hydroxylation sites is 1. The summed E-state index contributed by atoms with van der Waals surface area (Å²) < 4.78 is 3.76. The smallest absolute Gasteiger partial charge is 0.177 e. The van der Waals surface area contributed by atoms with E-state index in [1.165, 1.54) is 0 Å². The lowest BCUT2D eigenvalue weighted by Crippen LogP contribution is -2.01. The molecule has 0 spiro atoms. The summed E-state index contributed by atoms with van der Waals surface area (Å²) in [5.74, 6) is 0.745. The lowest BCUT2D eigenvalue weighted by molar-refractivity contribution is 0.704. The van der Waals surface area contributed by atoms with Crippen LogP contribution in [0.1, 0.15) is 5.56 Å². The molecule has 5 heterocycles. The van der Waals surface area contributed by atoms with E-state index in [4.69, 9.17) is 10.1 Å². The number of aromatic amines is 1. The van der Waals surface area contributed by atoms with Crippen molar-refractivity contribution in [2.45, 2.75) is 6.54 Å². The number of nitrogens with zero attached hydrogens (tertiary/aromatic N) is 7. The second-order valence-electron chi connectivity index (χ2n) is 7.39. The topological polar surface area (TPSA) is 90.1 Å². The number of H-pyrrole nitrogens is 1. The molecule has 0 unspecified atom stereocenters. The third-order valence-electron chi connectivity index (χ3n) is 5.31. The highest BCUT2D eigenvalue weighted by Gasteiger charge is 2.19. The lowest BCUT2D eigenvalue weighted by Gasteiger charge is -2.01. The average Bonchev–Trinajstić information content (AvgIpc) is 3.56. The molecule has 6 rings (SSSR count). The van der Waals surface area contributed by atoms with Crippen molar-refractivity contribution < 1.29 is 0 Å². The van der Waals surface area contributed by atoms with Crippen LogP contribution >= 0.6 is 0 Å². The van der Waals surface area contributed by atoms with Crippen LogP contribution in [0.4, 0.5) is 0 Å². The number of nitrogens with one attached hydrogen (secondary N) is 1. The first-order chi connectivity index (χ1) is 15.8. The fourth-order valence-electron chi connectivity index (χ4n) is 3.73. The normalized spacial score (nSPS) is 11.2. The van der Waals surface area contributed by atoms with Gasteiger partial charge in [0.25, 0.3) is 0 Å². The molecule has 5 aromatic heterocycles. The third-order valence-corrected chi connectivity index (χ3v) is 5.31. The molecule has 0 saturated carbocycles. The van der Waals surface area contributed by atoms with E-state index in [0.717, 1.165) is 45.1 Å². The monoisotopic (exact) mass is 418 g/mol. The van der Waals surface area contributed by atoms with Gasteiger partial charge in [-0.2, -0.15) is 10.2 Å². The van der Waals surface area contributed by atoms with Crippen molar-refractivity contribution in [3.8, 4) is 28.3 Å². The number of hydrogen-bond donors (Lipinski definition) is 1. The molecule has 0 amide bonds. The van der Waals surface area contributed by atoms with Crippen molar-refractivity contribution in [1.29, 1.82) is 0 Å². The molecule has 8 nitrogen and oxygen atoms in total. The molecule has 32 heavy (non-hydrogen) atoms. The van der Waals surface area contributed by atoms with Crippen molar-refractivity contribution in [2.24, 2.45) is 0 Å². The molecule has 0 saturated heterocycles. The molecule has 0 bridgehead atoms. The van der Waals surface area contributed by atoms with E-state index in [2.05, 4.69) is 20.1 Å². The molecule has 154 valence electrons. The quantitative estimate of drug-likeness (QED) is 0.455. The van der Waals surface area contributed by atoms with Crippen molar-refractivity contribution in [2.75, 3.05) is 0 Å². The van der Waals surface area contributed by atoms with E-state index in [0.29, 0.717) is 6.54 Å². The molecule has 0 aliphatic heterocycles. The molecule has 0 aliphatic carbocycles. The summed E-state index contributed by atoms with van der Waals surface area (Å²) in [6.45, 7) is 0.622. The highest BCUT2D eigenvalue weighted by atomic mass is 15.3. The van der Waals surface area contributed by atoms with Crippen molar-refractivity contribution in [3.05, 3.63) is 97.3 Å². The van der Waals surface area contributed by atoms with Crippen LogP contribution < -0.4 is 0 Å². The van der Waals surface area contributed by atoms with Gasteiger partial charge in [0.1, 0.15) is 17.0 Å². The van der Waals surface area contributed by atoms with Crippen molar-refractivity contribution in [1.82, 2.24) is 39.5 Å². The minimum atomic E-state index is 0.622. The van der Waals surface area contributed by atoms with Gasteiger partial charge in [-0.3, -0.25) is 9.97 Å². The van der Waals surface area contributed by atoms with Crippen LogP contribution in [0, 0.1) is 0 Å². The van der Waals surface area contributed by atoms with Gasteiger partial charge in [-0.1, -0.05) is 18.2 Å². The van der Waals surface area contributed by atoms with Gasteiger partial charge in [0.15, 0.2) is 5.65 Å². The molecule has 0 atom stereocenters. The van der Waals surface area contributed by atoms with Crippen LogP contribution in [0.15, 0.2) is 91.8 Å². The fourth-order valence-corrected chi connectivity index (χ4v) is 3.73. The van der Waals surface area contributed by atoms with E-state index >= 15 is 0 Å². The zero-order valence-electron chi connectivity index (χ0n) is 17.0. The van der Waals surface area contributed by atoms with Gasteiger partial charge >= 0.3 is 0 Å². The molecule has 0 radical (unpaired) electrons. The fraction of sp³-hybridized carbons (Fsp3) is 0.0417. The minimum Gasteiger partial charge on any atom is -0.335 e. The highest BCUT2D eigenvalue weighted by molar-refractivity contribution is 5.82. The summed E-state index contributed by atoms with van der Waals surface area (Å²) in [5, 5.41) is 9.36. The zero-order valence-corrected chi connectivity index (χ0v) is 17.0. The molecular weight excluding hydrogens is 400 g/mol. The number of hydrogen-bond acceptors (Lipinski definition) is 5. The minimum absolute atomic E-state index is 0.622. The molecule has 1 N–H and O–H groups in total. The predicted molar refractivity (Wildman–Crippen MR) is 121 cm³/mol. The largest absolute Gasteiger partial charge is 0.335 e. The highest BCUT2D eigenvalue weighted by Crippen LogP contribution is 2.31. The van der Waals surface area contributed by atoms with Gasteiger partial charge in [0.05, 0.1) is 24.0 Å². The second-order valence-corrected chi connectivity index (χ2v) is 7.39. The summed E-state index contributed by atoms with van der Waals surface area (Å²) in [5.41, 5.74) is 6.49. The Labute approximate surface area is 183 Å². The maximum Gasteiger partial charge on any atom is 0.177 e. The predicted octanol–water partition coefficient (Wildman–Crippen LogP) is 4.12. The van der Waals surface area contributed by atoms with Crippen LogP contribution in [0.25, 0.3) is 39.5 Å². The first-order valence-electron chi connectivity index (χ1n) is 10.2. The van der Waals surface area contributed by atoms with Crippen LogP contribution in [0.5, 0.6) is 0 Å². The van der Waals surface area contributed by atoms with Crippen LogP contribution in [-0.4, -0.2) is 39.5 Å². The van der Waals surface area contributed by atoms with Crippen molar-refractivity contribution in [3.63, 3.8) is 0 Å². The van der Waals surface area contributed by atoms with Gasteiger partial charge in [0.2, 0.25) is 0 Å². The third kappa shape index (κ3) is 3.24. The Bertz CT molecular complexity index is 1480. The van der Waals surface area contributed by atoms with Gasteiger partial charge in [-0.25, -0.2) is 14.3 Å². The maximum atomic E-state index is 4.89. The first-order valence-corrected chi connectivity index (χ1v) is 10.2. The number of pyridine rings is 2. The Morgan fingerprint density at radius 2 is 1.59 bits per heavy atom.